The standard InChI is InChI=1S/C24H33N3O3/c1-16(2)17-10-12-19(13-11-17)24(3)22(29)27(23(30)25-24)15-21(28)26-14-6-8-18-7-4-5-9-20(18)26/h10-13,16,18,20H,4-9,14-15H2,1-3H3,(H,25,30)/t18-,20-,24+/m0/s1. The Morgan fingerprint density at radius 2 is 1.77 bits per heavy atom. The van der Waals surface area contributed by atoms with Gasteiger partial charge in [0.25, 0.3) is 5.91 Å². The molecule has 4 rings (SSSR count). The summed E-state index contributed by atoms with van der Waals surface area (Å²) in [4.78, 5) is 42.1. The predicted molar refractivity (Wildman–Crippen MR) is 115 cm³/mol. The van der Waals surface area contributed by atoms with E-state index in [9.17, 15) is 14.4 Å². The normalized spacial score (nSPS) is 29.2. The molecule has 0 unspecified atom stereocenters. The van der Waals surface area contributed by atoms with Crippen molar-refractivity contribution in [1.29, 1.82) is 0 Å². The molecule has 2 aliphatic heterocycles. The topological polar surface area (TPSA) is 69.7 Å². The quantitative estimate of drug-likeness (QED) is 0.767. The van der Waals surface area contributed by atoms with Gasteiger partial charge in [-0.15, -0.1) is 0 Å². The zero-order valence-electron chi connectivity index (χ0n) is 18.3. The lowest BCUT2D eigenvalue weighted by Gasteiger charge is -2.44. The molecule has 30 heavy (non-hydrogen) atoms. The van der Waals surface area contributed by atoms with E-state index in [1.807, 2.05) is 29.2 Å². The van der Waals surface area contributed by atoms with Crippen molar-refractivity contribution < 1.29 is 14.4 Å². The summed E-state index contributed by atoms with van der Waals surface area (Å²) >= 11 is 0. The van der Waals surface area contributed by atoms with E-state index in [2.05, 4.69) is 19.2 Å². The van der Waals surface area contributed by atoms with Gasteiger partial charge in [0.2, 0.25) is 5.91 Å². The first kappa shape index (κ1) is 20.9. The number of nitrogens with one attached hydrogen (secondary N) is 1. The van der Waals surface area contributed by atoms with Crippen LogP contribution in [0, 0.1) is 5.92 Å². The fraction of sp³-hybridized carbons (Fsp3) is 0.625. The molecule has 1 saturated carbocycles. The molecule has 1 aromatic carbocycles. The summed E-state index contributed by atoms with van der Waals surface area (Å²) in [6.45, 7) is 6.51. The molecule has 0 bridgehead atoms. The van der Waals surface area contributed by atoms with Crippen LogP contribution in [-0.4, -0.2) is 46.8 Å². The van der Waals surface area contributed by atoms with E-state index < -0.39 is 11.6 Å². The maximum Gasteiger partial charge on any atom is 0.325 e. The molecule has 4 amide bonds. The van der Waals surface area contributed by atoms with E-state index in [-0.39, 0.29) is 24.4 Å². The molecule has 162 valence electrons. The number of carbonyl (C=O) groups is 3. The van der Waals surface area contributed by atoms with Crippen LogP contribution in [0.25, 0.3) is 0 Å². The Bertz CT molecular complexity index is 833. The number of likely N-dealkylation sites (tertiary alicyclic amines) is 1. The lowest BCUT2D eigenvalue weighted by molar-refractivity contribution is -0.142. The first-order valence-corrected chi connectivity index (χ1v) is 11.4. The highest BCUT2D eigenvalue weighted by atomic mass is 16.2. The molecule has 6 heteroatoms. The fourth-order valence-corrected chi connectivity index (χ4v) is 5.40. The SMILES string of the molecule is CC(C)c1ccc([C@@]2(C)NC(=O)N(CC(=O)N3CCC[C@@H]4CCCC[C@@H]43)C2=O)cc1. The molecule has 3 atom stereocenters. The average Bonchev–Trinajstić information content (AvgIpc) is 2.97. The van der Waals surface area contributed by atoms with Gasteiger partial charge in [-0.3, -0.25) is 14.5 Å². The van der Waals surface area contributed by atoms with Crippen LogP contribution >= 0.6 is 0 Å². The van der Waals surface area contributed by atoms with Gasteiger partial charge in [-0.1, -0.05) is 51.0 Å². The Morgan fingerprint density at radius 1 is 1.10 bits per heavy atom. The second-order valence-electron chi connectivity index (χ2n) is 9.56. The number of carbonyl (C=O) groups excluding carboxylic acids is 3. The van der Waals surface area contributed by atoms with Gasteiger partial charge in [0, 0.05) is 12.6 Å². The van der Waals surface area contributed by atoms with Crippen molar-refractivity contribution in [2.24, 2.45) is 5.92 Å². The van der Waals surface area contributed by atoms with E-state index in [0.717, 1.165) is 36.3 Å². The number of amides is 4. The van der Waals surface area contributed by atoms with Crippen LogP contribution in [0.1, 0.15) is 76.3 Å². The molecule has 6 nitrogen and oxygen atoms in total. The number of hydrogen-bond acceptors (Lipinski definition) is 3. The van der Waals surface area contributed by atoms with Crippen molar-refractivity contribution in [2.45, 2.75) is 76.8 Å². The summed E-state index contributed by atoms with van der Waals surface area (Å²) in [6, 6.07) is 7.58. The van der Waals surface area contributed by atoms with Gasteiger partial charge in [0.15, 0.2) is 0 Å². The Hall–Kier alpha value is -2.37. The van der Waals surface area contributed by atoms with Gasteiger partial charge in [-0.25, -0.2) is 4.79 Å². The molecule has 0 radical (unpaired) electrons. The maximum atomic E-state index is 13.2. The van der Waals surface area contributed by atoms with E-state index in [1.165, 1.54) is 24.8 Å². The Morgan fingerprint density at radius 3 is 2.47 bits per heavy atom. The third-order valence-corrected chi connectivity index (χ3v) is 7.29. The second-order valence-corrected chi connectivity index (χ2v) is 9.56. The van der Waals surface area contributed by atoms with Gasteiger partial charge in [-0.2, -0.15) is 0 Å². The number of fused-ring (bicyclic) bond motifs is 1. The third-order valence-electron chi connectivity index (χ3n) is 7.29. The number of hydrogen-bond donors (Lipinski definition) is 1. The molecule has 0 spiro atoms. The first-order chi connectivity index (χ1) is 14.3. The van der Waals surface area contributed by atoms with Gasteiger partial charge < -0.3 is 10.2 Å². The van der Waals surface area contributed by atoms with Crippen molar-refractivity contribution >= 4 is 17.8 Å². The van der Waals surface area contributed by atoms with Crippen LogP contribution in [-0.2, 0) is 15.1 Å². The zero-order valence-corrected chi connectivity index (χ0v) is 18.3. The smallest absolute Gasteiger partial charge is 0.325 e. The third kappa shape index (κ3) is 3.61. The zero-order chi connectivity index (χ0) is 21.5. The van der Waals surface area contributed by atoms with Crippen molar-refractivity contribution in [2.75, 3.05) is 13.1 Å². The Labute approximate surface area is 179 Å². The minimum absolute atomic E-state index is 0.102. The van der Waals surface area contributed by atoms with Crippen LogP contribution in [0.15, 0.2) is 24.3 Å². The van der Waals surface area contributed by atoms with Crippen molar-refractivity contribution in [1.82, 2.24) is 15.1 Å². The minimum atomic E-state index is -1.14. The summed E-state index contributed by atoms with van der Waals surface area (Å²) in [5, 5.41) is 2.83. The van der Waals surface area contributed by atoms with Gasteiger partial charge in [-0.05, 0) is 55.6 Å². The number of imide groups is 1. The maximum absolute atomic E-state index is 13.2. The number of piperidine rings is 1. The summed E-state index contributed by atoms with van der Waals surface area (Å²) in [7, 11) is 0. The number of benzene rings is 1. The van der Waals surface area contributed by atoms with Crippen LogP contribution in [0.5, 0.6) is 0 Å². The molecule has 3 aliphatic rings. The van der Waals surface area contributed by atoms with Gasteiger partial charge in [0.1, 0.15) is 12.1 Å². The summed E-state index contributed by atoms with van der Waals surface area (Å²) in [5.74, 6) is 0.511. The van der Waals surface area contributed by atoms with E-state index in [0.29, 0.717) is 11.8 Å². The van der Waals surface area contributed by atoms with Crippen LogP contribution in [0.3, 0.4) is 0 Å². The molecule has 1 N–H and O–H groups in total. The minimum Gasteiger partial charge on any atom is -0.338 e. The molecule has 2 saturated heterocycles. The van der Waals surface area contributed by atoms with Gasteiger partial charge >= 0.3 is 6.03 Å². The molecular weight excluding hydrogens is 378 g/mol. The second kappa shape index (κ2) is 8.05. The summed E-state index contributed by atoms with van der Waals surface area (Å²) in [6.07, 6.45) is 6.80. The predicted octanol–water partition coefficient (Wildman–Crippen LogP) is 3.76. The molecule has 1 aliphatic carbocycles. The number of rotatable bonds is 4. The van der Waals surface area contributed by atoms with Crippen LogP contribution in [0.2, 0.25) is 0 Å². The summed E-state index contributed by atoms with van der Waals surface area (Å²) in [5.41, 5.74) is 0.783. The molecular formula is C24H33N3O3. The number of nitrogens with zero attached hydrogens (tertiary/aromatic N) is 2. The number of urea groups is 1. The Kier molecular flexibility index (Phi) is 5.60. The average molecular weight is 412 g/mol. The highest BCUT2D eigenvalue weighted by molar-refractivity contribution is 6.09. The van der Waals surface area contributed by atoms with Crippen LogP contribution in [0.4, 0.5) is 4.79 Å². The molecule has 3 fully saturated rings. The van der Waals surface area contributed by atoms with E-state index in [4.69, 9.17) is 0 Å². The monoisotopic (exact) mass is 411 g/mol. The highest BCUT2D eigenvalue weighted by Crippen LogP contribution is 2.36. The first-order valence-electron chi connectivity index (χ1n) is 11.4. The lowest BCUT2D eigenvalue weighted by Crippen LogP contribution is -2.53. The van der Waals surface area contributed by atoms with E-state index >= 15 is 0 Å². The largest absolute Gasteiger partial charge is 0.338 e. The summed E-state index contributed by atoms with van der Waals surface area (Å²) < 4.78 is 0. The van der Waals surface area contributed by atoms with Crippen LogP contribution < -0.4 is 5.32 Å². The van der Waals surface area contributed by atoms with Crippen molar-refractivity contribution in [3.63, 3.8) is 0 Å². The van der Waals surface area contributed by atoms with Crippen molar-refractivity contribution in [3.8, 4) is 0 Å². The highest BCUT2D eigenvalue weighted by Gasteiger charge is 2.50. The molecule has 1 aromatic rings. The lowest BCUT2D eigenvalue weighted by atomic mass is 9.78. The fourth-order valence-electron chi connectivity index (χ4n) is 5.40. The molecule has 0 aromatic heterocycles. The molecule has 2 heterocycles. The van der Waals surface area contributed by atoms with Crippen molar-refractivity contribution in [3.05, 3.63) is 35.4 Å². The van der Waals surface area contributed by atoms with Gasteiger partial charge in [0.05, 0.1) is 0 Å². The van der Waals surface area contributed by atoms with E-state index in [1.54, 1.807) is 6.92 Å². The Balaban J connectivity index is 1.49.